The third-order valence-electron chi connectivity index (χ3n) is 6.76. The number of nitrogens with zero attached hydrogens (tertiary/aromatic N) is 1. The van der Waals surface area contributed by atoms with Crippen LogP contribution in [0.1, 0.15) is 67.7 Å². The molecule has 2 atom stereocenters. The van der Waals surface area contributed by atoms with Crippen LogP contribution < -0.4 is 5.32 Å². The number of para-hydroxylation sites is 1. The first-order valence-corrected chi connectivity index (χ1v) is 13.3. The first kappa shape index (κ1) is 27.3. The number of halogens is 1. The van der Waals surface area contributed by atoms with E-state index in [1.807, 2.05) is 79.7 Å². The molecule has 1 amide bonds. The molecule has 4 nitrogen and oxygen atoms in total. The van der Waals surface area contributed by atoms with Crippen LogP contribution in [-0.4, -0.2) is 27.9 Å². The molecule has 5 heteroatoms. The van der Waals surface area contributed by atoms with Gasteiger partial charge in [-0.05, 0) is 55.0 Å². The lowest BCUT2D eigenvalue weighted by atomic mass is 9.92. The number of alkyl halides is 1. The van der Waals surface area contributed by atoms with Gasteiger partial charge in [0.15, 0.2) is 0 Å². The Morgan fingerprint density at radius 2 is 1.79 bits per heavy atom. The van der Waals surface area contributed by atoms with E-state index in [1.165, 1.54) is 0 Å². The van der Waals surface area contributed by atoms with Gasteiger partial charge in [-0.2, -0.15) is 0 Å². The number of aliphatic hydroxyl groups is 1. The number of aliphatic hydroxyl groups excluding tert-OH is 1. The van der Waals surface area contributed by atoms with Gasteiger partial charge in [0, 0.05) is 29.9 Å². The Morgan fingerprint density at radius 3 is 2.37 bits per heavy atom. The van der Waals surface area contributed by atoms with Crippen molar-refractivity contribution in [3.63, 3.8) is 0 Å². The van der Waals surface area contributed by atoms with Crippen molar-refractivity contribution in [1.29, 1.82) is 0 Å². The van der Waals surface area contributed by atoms with Crippen molar-refractivity contribution in [2.45, 2.75) is 64.8 Å². The molecule has 0 aliphatic heterocycles. The third-order valence-corrected chi connectivity index (χ3v) is 6.76. The van der Waals surface area contributed by atoms with Crippen molar-refractivity contribution in [3.8, 4) is 11.1 Å². The average molecular weight is 513 g/mol. The smallest absolute Gasteiger partial charge is 0.258 e. The van der Waals surface area contributed by atoms with Crippen molar-refractivity contribution in [2.75, 3.05) is 5.32 Å². The van der Waals surface area contributed by atoms with E-state index < -0.39 is 12.3 Å². The fraction of sp³-hybridized carbons (Fsp3) is 0.303. The van der Waals surface area contributed by atoms with Crippen molar-refractivity contribution in [3.05, 3.63) is 108 Å². The van der Waals surface area contributed by atoms with Crippen LogP contribution in [0.5, 0.6) is 0 Å². The molecule has 0 saturated heterocycles. The van der Waals surface area contributed by atoms with Gasteiger partial charge in [-0.15, -0.1) is 6.58 Å². The molecule has 0 saturated carbocycles. The van der Waals surface area contributed by atoms with Crippen LogP contribution in [0.25, 0.3) is 16.7 Å². The van der Waals surface area contributed by atoms with E-state index in [0.717, 1.165) is 39.3 Å². The first-order chi connectivity index (χ1) is 18.3. The van der Waals surface area contributed by atoms with E-state index in [2.05, 4.69) is 30.3 Å². The lowest BCUT2D eigenvalue weighted by molar-refractivity contribution is 0.102. The fourth-order valence-electron chi connectivity index (χ4n) is 5.15. The molecule has 4 rings (SSSR count). The lowest BCUT2D eigenvalue weighted by Crippen LogP contribution is -2.18. The van der Waals surface area contributed by atoms with Gasteiger partial charge in [-0.1, -0.05) is 80.1 Å². The fourth-order valence-corrected chi connectivity index (χ4v) is 5.15. The predicted molar refractivity (Wildman–Crippen MR) is 155 cm³/mol. The number of benzene rings is 2. The minimum Gasteiger partial charge on any atom is -0.393 e. The highest BCUT2D eigenvalue weighted by molar-refractivity contribution is 6.12. The summed E-state index contributed by atoms with van der Waals surface area (Å²) in [6.45, 7) is 10.5. The van der Waals surface area contributed by atoms with E-state index in [0.29, 0.717) is 24.9 Å². The number of hydrogen-bond acceptors (Lipinski definition) is 2. The minimum atomic E-state index is -1.02. The molecular weight excluding hydrogens is 475 g/mol. The monoisotopic (exact) mass is 512 g/mol. The Morgan fingerprint density at radius 1 is 1.13 bits per heavy atom. The number of allylic oxidation sites excluding steroid dienone is 4. The number of hydrogen-bond donors (Lipinski definition) is 2. The van der Waals surface area contributed by atoms with Crippen LogP contribution in [0, 0.1) is 0 Å². The van der Waals surface area contributed by atoms with Crippen LogP contribution in [0.15, 0.2) is 91.0 Å². The number of carbonyl (C=O) groups excluding carboxylic acids is 1. The molecule has 0 bridgehead atoms. The zero-order valence-electron chi connectivity index (χ0n) is 22.5. The van der Waals surface area contributed by atoms with Gasteiger partial charge in [-0.25, -0.2) is 4.39 Å². The second kappa shape index (κ2) is 12.2. The highest BCUT2D eigenvalue weighted by Gasteiger charge is 2.31. The van der Waals surface area contributed by atoms with Gasteiger partial charge in [0.2, 0.25) is 0 Å². The van der Waals surface area contributed by atoms with E-state index >= 15 is 0 Å². The summed E-state index contributed by atoms with van der Waals surface area (Å²) < 4.78 is 16.3. The molecule has 2 N–H and O–H groups in total. The maximum atomic E-state index is 14.1. The zero-order chi connectivity index (χ0) is 27.2. The summed E-state index contributed by atoms with van der Waals surface area (Å²) in [5, 5.41) is 13.8. The number of nitrogens with one attached hydrogen (secondary N) is 1. The normalized spacial score (nSPS) is 15.8. The molecule has 1 aliphatic rings. The maximum absolute atomic E-state index is 14.1. The third kappa shape index (κ3) is 6.22. The largest absolute Gasteiger partial charge is 0.393 e. The van der Waals surface area contributed by atoms with Crippen LogP contribution >= 0.6 is 0 Å². The van der Waals surface area contributed by atoms with Crippen LogP contribution in [0.2, 0.25) is 0 Å². The summed E-state index contributed by atoms with van der Waals surface area (Å²) >= 11 is 0. The quantitative estimate of drug-likeness (QED) is 0.271. The summed E-state index contributed by atoms with van der Waals surface area (Å²) in [6.07, 6.45) is 5.05. The molecular formula is C33H37FN2O2. The molecule has 1 heterocycles. The molecule has 3 aromatic rings. The molecule has 0 fully saturated rings. The van der Waals surface area contributed by atoms with Gasteiger partial charge in [-0.3, -0.25) is 4.79 Å². The molecule has 0 radical (unpaired) electrons. The number of aromatic nitrogens is 1. The van der Waals surface area contributed by atoms with E-state index in [-0.39, 0.29) is 18.2 Å². The van der Waals surface area contributed by atoms with Gasteiger partial charge in [0.1, 0.15) is 6.17 Å². The SMILES string of the molecule is C=C(C)CC(O)CCn1c(C2=CCC(F)C=C2)c(-c2ccccc2)c(C(=O)Nc2ccccc2)c1C(C)C. The Labute approximate surface area is 225 Å². The summed E-state index contributed by atoms with van der Waals surface area (Å²) in [5.74, 6) is -0.173. The molecule has 38 heavy (non-hydrogen) atoms. The summed E-state index contributed by atoms with van der Waals surface area (Å²) in [5.41, 5.74) is 6.65. The topological polar surface area (TPSA) is 54.3 Å². The van der Waals surface area contributed by atoms with Crippen LogP contribution in [-0.2, 0) is 6.54 Å². The summed E-state index contributed by atoms with van der Waals surface area (Å²) in [6, 6.07) is 19.3. The van der Waals surface area contributed by atoms with Gasteiger partial charge < -0.3 is 15.0 Å². The second-order valence-electron chi connectivity index (χ2n) is 10.4. The average Bonchev–Trinajstić information content (AvgIpc) is 3.24. The second-order valence-corrected chi connectivity index (χ2v) is 10.4. The number of anilines is 1. The van der Waals surface area contributed by atoms with Crippen molar-refractivity contribution < 1.29 is 14.3 Å². The first-order valence-electron chi connectivity index (χ1n) is 13.3. The molecule has 1 aliphatic carbocycles. The predicted octanol–water partition coefficient (Wildman–Crippen LogP) is 7.93. The summed E-state index contributed by atoms with van der Waals surface area (Å²) in [7, 11) is 0. The molecule has 2 aromatic carbocycles. The molecule has 0 spiro atoms. The number of rotatable bonds is 10. The van der Waals surface area contributed by atoms with Crippen LogP contribution in [0.4, 0.5) is 10.1 Å². The van der Waals surface area contributed by atoms with Gasteiger partial charge >= 0.3 is 0 Å². The van der Waals surface area contributed by atoms with E-state index in [4.69, 9.17) is 0 Å². The number of amides is 1. The van der Waals surface area contributed by atoms with Gasteiger partial charge in [0.05, 0.1) is 17.4 Å². The Hall–Kier alpha value is -3.70. The van der Waals surface area contributed by atoms with Crippen molar-refractivity contribution in [2.24, 2.45) is 0 Å². The van der Waals surface area contributed by atoms with E-state index in [1.54, 1.807) is 6.08 Å². The van der Waals surface area contributed by atoms with E-state index in [9.17, 15) is 14.3 Å². The maximum Gasteiger partial charge on any atom is 0.258 e. The Kier molecular flexibility index (Phi) is 8.80. The number of carbonyl (C=O) groups is 1. The highest BCUT2D eigenvalue weighted by Crippen LogP contribution is 2.42. The van der Waals surface area contributed by atoms with Crippen molar-refractivity contribution in [1.82, 2.24) is 4.57 Å². The highest BCUT2D eigenvalue weighted by atomic mass is 19.1. The van der Waals surface area contributed by atoms with Crippen LogP contribution in [0.3, 0.4) is 0 Å². The zero-order valence-corrected chi connectivity index (χ0v) is 22.5. The molecule has 1 aromatic heterocycles. The standard InChI is InChI=1S/C33H37FN2O2/c1-22(2)21-28(37)19-20-36-31(23(3)4)30(33(38)35-27-13-9-6-10-14-27)29(24-11-7-5-8-12-24)32(36)25-15-17-26(34)18-16-25/h5-17,23,26,28,37H,1,18-21H2,2-4H3,(H,35,38). The lowest BCUT2D eigenvalue weighted by Gasteiger charge is -2.20. The molecule has 198 valence electrons. The summed E-state index contributed by atoms with van der Waals surface area (Å²) in [4.78, 5) is 14.0. The van der Waals surface area contributed by atoms with Gasteiger partial charge in [0.25, 0.3) is 5.91 Å². The minimum absolute atomic E-state index is 0.0168. The molecule has 2 unspecified atom stereocenters. The Balaban J connectivity index is 1.95. The Bertz CT molecular complexity index is 1340. The van der Waals surface area contributed by atoms with Crippen molar-refractivity contribution >= 4 is 17.2 Å².